The quantitative estimate of drug-likeness (QED) is 0.512. The van der Waals surface area contributed by atoms with E-state index in [1.54, 1.807) is 18.3 Å². The predicted octanol–water partition coefficient (Wildman–Crippen LogP) is 3.11. The number of methoxy groups -OCH3 is 1. The molecule has 2 aromatic heterocycles. The van der Waals surface area contributed by atoms with E-state index in [1.165, 1.54) is 7.11 Å². The fraction of sp³-hybridized carbons (Fsp3) is 0.0769. The van der Waals surface area contributed by atoms with E-state index in [9.17, 15) is 4.79 Å². The Balaban J connectivity index is 2.63. The molecule has 0 saturated heterocycles. The maximum absolute atomic E-state index is 11.8. The van der Waals surface area contributed by atoms with Crippen LogP contribution in [0.2, 0.25) is 0 Å². The van der Waals surface area contributed by atoms with E-state index in [0.717, 1.165) is 15.2 Å². The van der Waals surface area contributed by atoms with E-state index < -0.39 is 5.63 Å². The standard InChI is InChI=1S/C13H8BrNO3/c1-17-10-6-7(14)5-9-8-3-2-4-15-11(8)13(16)18-12(9)10/h2-6H,1H3. The summed E-state index contributed by atoms with van der Waals surface area (Å²) in [6.45, 7) is 0. The van der Waals surface area contributed by atoms with E-state index in [-0.39, 0.29) is 0 Å². The van der Waals surface area contributed by atoms with Crippen LogP contribution in [-0.2, 0) is 0 Å². The van der Waals surface area contributed by atoms with E-state index in [4.69, 9.17) is 9.15 Å². The smallest absolute Gasteiger partial charge is 0.363 e. The second-order valence-electron chi connectivity index (χ2n) is 3.77. The Kier molecular flexibility index (Phi) is 2.56. The normalized spacial score (nSPS) is 11.0. The molecule has 0 aliphatic carbocycles. The number of benzene rings is 1. The van der Waals surface area contributed by atoms with Gasteiger partial charge < -0.3 is 9.15 Å². The van der Waals surface area contributed by atoms with Crippen LogP contribution in [0.15, 0.2) is 44.1 Å². The lowest BCUT2D eigenvalue weighted by Gasteiger charge is -2.06. The molecule has 0 saturated carbocycles. The van der Waals surface area contributed by atoms with Crippen LogP contribution < -0.4 is 10.4 Å². The van der Waals surface area contributed by atoms with Gasteiger partial charge in [0.1, 0.15) is 0 Å². The fourth-order valence-electron chi connectivity index (χ4n) is 1.95. The van der Waals surface area contributed by atoms with Gasteiger partial charge in [-0.2, -0.15) is 0 Å². The first-order valence-corrected chi connectivity index (χ1v) is 6.05. The van der Waals surface area contributed by atoms with Crippen LogP contribution in [0.5, 0.6) is 5.75 Å². The fourth-order valence-corrected chi connectivity index (χ4v) is 2.39. The summed E-state index contributed by atoms with van der Waals surface area (Å²) < 4.78 is 11.4. The molecule has 0 unspecified atom stereocenters. The molecule has 0 amide bonds. The highest BCUT2D eigenvalue weighted by atomic mass is 79.9. The van der Waals surface area contributed by atoms with E-state index in [0.29, 0.717) is 16.8 Å². The van der Waals surface area contributed by atoms with Gasteiger partial charge in [0.05, 0.1) is 7.11 Å². The maximum Gasteiger partial charge on any atom is 0.363 e. The Bertz CT molecular complexity index is 810. The molecule has 0 N–H and O–H groups in total. The summed E-state index contributed by atoms with van der Waals surface area (Å²) in [4.78, 5) is 15.9. The number of aromatic nitrogens is 1. The molecule has 0 radical (unpaired) electrons. The molecule has 1 aromatic carbocycles. The number of pyridine rings is 1. The first-order valence-electron chi connectivity index (χ1n) is 5.26. The number of fused-ring (bicyclic) bond motifs is 3. The Labute approximate surface area is 110 Å². The molecular formula is C13H8BrNO3. The SMILES string of the molecule is COc1cc(Br)cc2c1oc(=O)c1ncccc12. The summed E-state index contributed by atoms with van der Waals surface area (Å²) in [6, 6.07) is 7.26. The summed E-state index contributed by atoms with van der Waals surface area (Å²) in [7, 11) is 1.54. The van der Waals surface area contributed by atoms with Crippen molar-refractivity contribution in [2.45, 2.75) is 0 Å². The molecule has 3 rings (SSSR count). The van der Waals surface area contributed by atoms with Crippen LogP contribution in [-0.4, -0.2) is 12.1 Å². The van der Waals surface area contributed by atoms with Gasteiger partial charge in [0.25, 0.3) is 0 Å². The second kappa shape index (κ2) is 4.10. The lowest BCUT2D eigenvalue weighted by atomic mass is 10.1. The Morgan fingerprint density at radius 1 is 1.33 bits per heavy atom. The van der Waals surface area contributed by atoms with Gasteiger partial charge in [-0.05, 0) is 18.2 Å². The molecule has 5 heteroatoms. The molecule has 0 fully saturated rings. The summed E-state index contributed by atoms with van der Waals surface area (Å²) >= 11 is 3.41. The minimum Gasteiger partial charge on any atom is -0.493 e. The van der Waals surface area contributed by atoms with Crippen LogP contribution >= 0.6 is 15.9 Å². The van der Waals surface area contributed by atoms with Crippen molar-refractivity contribution >= 4 is 37.8 Å². The minimum absolute atomic E-state index is 0.324. The summed E-state index contributed by atoms with van der Waals surface area (Å²) in [6.07, 6.45) is 1.57. The number of rotatable bonds is 1. The third-order valence-corrected chi connectivity index (χ3v) is 3.18. The van der Waals surface area contributed by atoms with Gasteiger partial charge in [-0.3, -0.25) is 0 Å². The molecule has 0 atom stereocenters. The first kappa shape index (κ1) is 11.2. The van der Waals surface area contributed by atoms with E-state index in [2.05, 4.69) is 20.9 Å². The van der Waals surface area contributed by atoms with E-state index >= 15 is 0 Å². The largest absolute Gasteiger partial charge is 0.493 e. The lowest BCUT2D eigenvalue weighted by Crippen LogP contribution is -2.02. The third-order valence-electron chi connectivity index (χ3n) is 2.73. The maximum atomic E-state index is 11.8. The third kappa shape index (κ3) is 1.59. The van der Waals surface area contributed by atoms with Crippen molar-refractivity contribution in [1.29, 1.82) is 0 Å². The molecule has 0 aliphatic rings. The van der Waals surface area contributed by atoms with Crippen molar-refractivity contribution in [2.24, 2.45) is 0 Å². The average molecular weight is 306 g/mol. The van der Waals surface area contributed by atoms with Crippen LogP contribution in [0.3, 0.4) is 0 Å². The highest BCUT2D eigenvalue weighted by Crippen LogP contribution is 2.32. The monoisotopic (exact) mass is 305 g/mol. The van der Waals surface area contributed by atoms with E-state index in [1.807, 2.05) is 12.1 Å². The molecule has 2 heterocycles. The summed E-state index contributed by atoms with van der Waals surface area (Å²) in [5.74, 6) is 0.516. The van der Waals surface area contributed by atoms with Crippen molar-refractivity contribution in [1.82, 2.24) is 4.98 Å². The van der Waals surface area contributed by atoms with Gasteiger partial charge >= 0.3 is 5.63 Å². The zero-order valence-electron chi connectivity index (χ0n) is 9.44. The van der Waals surface area contributed by atoms with Crippen LogP contribution in [0, 0.1) is 0 Å². The number of ether oxygens (including phenoxy) is 1. The molecule has 0 bridgehead atoms. The van der Waals surface area contributed by atoms with Gasteiger partial charge in [-0.25, -0.2) is 9.78 Å². The van der Waals surface area contributed by atoms with Gasteiger partial charge in [0.15, 0.2) is 16.8 Å². The summed E-state index contributed by atoms with van der Waals surface area (Å²) in [5.41, 5.74) is 0.301. The van der Waals surface area contributed by atoms with Crippen molar-refractivity contribution in [3.8, 4) is 5.75 Å². The van der Waals surface area contributed by atoms with Gasteiger partial charge in [-0.1, -0.05) is 22.0 Å². The van der Waals surface area contributed by atoms with Gasteiger partial charge in [-0.15, -0.1) is 0 Å². The number of halogens is 1. The molecule has 90 valence electrons. The minimum atomic E-state index is -0.460. The van der Waals surface area contributed by atoms with Crippen molar-refractivity contribution < 1.29 is 9.15 Å². The first-order chi connectivity index (χ1) is 8.70. The zero-order valence-corrected chi connectivity index (χ0v) is 11.0. The average Bonchev–Trinajstić information content (AvgIpc) is 2.39. The van der Waals surface area contributed by atoms with Crippen LogP contribution in [0.4, 0.5) is 0 Å². The van der Waals surface area contributed by atoms with Crippen molar-refractivity contribution in [3.05, 3.63) is 45.4 Å². The van der Waals surface area contributed by atoms with Crippen molar-refractivity contribution in [3.63, 3.8) is 0 Å². The molecule has 18 heavy (non-hydrogen) atoms. The highest BCUT2D eigenvalue weighted by Gasteiger charge is 2.12. The molecule has 3 aromatic rings. The van der Waals surface area contributed by atoms with Gasteiger partial charge in [0, 0.05) is 21.4 Å². The molecule has 4 nitrogen and oxygen atoms in total. The number of hydrogen-bond acceptors (Lipinski definition) is 4. The number of nitrogens with zero attached hydrogens (tertiary/aromatic N) is 1. The second-order valence-corrected chi connectivity index (χ2v) is 4.69. The predicted molar refractivity (Wildman–Crippen MR) is 72.0 cm³/mol. The molecule has 0 aliphatic heterocycles. The molecule has 0 spiro atoms. The van der Waals surface area contributed by atoms with Crippen molar-refractivity contribution in [2.75, 3.05) is 7.11 Å². The topological polar surface area (TPSA) is 52.3 Å². The van der Waals surface area contributed by atoms with Crippen LogP contribution in [0.1, 0.15) is 0 Å². The van der Waals surface area contributed by atoms with Gasteiger partial charge in [0.2, 0.25) is 0 Å². The highest BCUT2D eigenvalue weighted by molar-refractivity contribution is 9.10. The number of hydrogen-bond donors (Lipinski definition) is 0. The van der Waals surface area contributed by atoms with Crippen LogP contribution in [0.25, 0.3) is 21.9 Å². The Hall–Kier alpha value is -1.88. The Morgan fingerprint density at radius 3 is 2.94 bits per heavy atom. The Morgan fingerprint density at radius 2 is 2.17 bits per heavy atom. The zero-order chi connectivity index (χ0) is 12.7. The molecular weight excluding hydrogens is 298 g/mol. The lowest BCUT2D eigenvalue weighted by molar-refractivity contribution is 0.407. The summed E-state index contributed by atoms with van der Waals surface area (Å²) in [5, 5.41) is 1.55.